The van der Waals surface area contributed by atoms with Crippen molar-refractivity contribution < 1.29 is 19.1 Å². The Labute approximate surface area is 172 Å². The Morgan fingerprint density at radius 2 is 1.24 bits per heavy atom. The molecule has 0 aliphatic heterocycles. The van der Waals surface area contributed by atoms with Crippen LogP contribution < -0.4 is 10.6 Å². The fourth-order valence-electron chi connectivity index (χ4n) is 2.59. The molecule has 0 aromatic heterocycles. The minimum Gasteiger partial charge on any atom is -0.440 e. The van der Waals surface area contributed by atoms with Crippen molar-refractivity contribution in [2.24, 2.45) is 0 Å². The molecule has 0 spiro atoms. The summed E-state index contributed by atoms with van der Waals surface area (Å²) < 4.78 is 11.0. The molecule has 0 aliphatic rings. The molecule has 0 saturated carbocycles. The van der Waals surface area contributed by atoms with E-state index in [4.69, 9.17) is 9.47 Å². The summed E-state index contributed by atoms with van der Waals surface area (Å²) in [6.45, 7) is 8.86. The third-order valence-corrected chi connectivity index (χ3v) is 5.19. The van der Waals surface area contributed by atoms with Gasteiger partial charge in [0.2, 0.25) is 5.91 Å². The lowest BCUT2D eigenvalue weighted by Gasteiger charge is -2.39. The van der Waals surface area contributed by atoms with E-state index >= 15 is 0 Å². The van der Waals surface area contributed by atoms with Gasteiger partial charge in [0.15, 0.2) is 0 Å². The van der Waals surface area contributed by atoms with E-state index in [2.05, 4.69) is 10.6 Å². The lowest BCUT2D eigenvalue weighted by atomic mass is 9.89. The molecule has 2 N–H and O–H groups in total. The molecule has 2 aromatic rings. The number of methoxy groups -OCH3 is 1. The first-order chi connectivity index (χ1) is 13.5. The highest BCUT2D eigenvalue weighted by molar-refractivity contribution is 5.88. The van der Waals surface area contributed by atoms with E-state index in [1.165, 1.54) is 6.92 Å². The maximum absolute atomic E-state index is 12.3. The summed E-state index contributed by atoms with van der Waals surface area (Å²) in [5.74, 6) is -0.0893. The van der Waals surface area contributed by atoms with Crippen LogP contribution in [0.15, 0.2) is 48.5 Å². The first-order valence-electron chi connectivity index (χ1n) is 9.53. The molecule has 2 amide bonds. The SMILES string of the molecule is COC(C)(C)C(C)(C)OC(=O)Nc1ccc(Cc2ccc(NC(C)=O)cc2)cc1. The van der Waals surface area contributed by atoms with Crippen molar-refractivity contribution in [3.63, 3.8) is 0 Å². The predicted octanol–water partition coefficient (Wildman–Crippen LogP) is 4.99. The van der Waals surface area contributed by atoms with E-state index in [-0.39, 0.29) is 5.91 Å². The quantitative estimate of drug-likeness (QED) is 0.689. The van der Waals surface area contributed by atoms with Crippen molar-refractivity contribution in [3.05, 3.63) is 59.7 Å². The van der Waals surface area contributed by atoms with Gasteiger partial charge in [0.25, 0.3) is 0 Å². The van der Waals surface area contributed by atoms with Gasteiger partial charge in [-0.25, -0.2) is 4.79 Å². The number of benzene rings is 2. The Morgan fingerprint density at radius 3 is 1.66 bits per heavy atom. The standard InChI is InChI=1S/C23H30N2O4/c1-16(26)24-19-11-7-17(8-12-19)15-18-9-13-20(14-10-18)25-21(27)29-23(4,5)22(2,3)28-6/h7-14H,15H2,1-6H3,(H,24,26)(H,25,27). The Hall–Kier alpha value is -2.86. The van der Waals surface area contributed by atoms with Gasteiger partial charge in [-0.15, -0.1) is 0 Å². The maximum atomic E-state index is 12.3. The first-order valence-corrected chi connectivity index (χ1v) is 9.53. The number of anilines is 2. The fraction of sp³-hybridized carbons (Fsp3) is 0.391. The number of amides is 2. The molecule has 6 nitrogen and oxygen atoms in total. The number of ether oxygens (including phenoxy) is 2. The van der Waals surface area contributed by atoms with Crippen molar-refractivity contribution in [3.8, 4) is 0 Å². The Kier molecular flexibility index (Phi) is 7.03. The highest BCUT2D eigenvalue weighted by atomic mass is 16.6. The van der Waals surface area contributed by atoms with Crippen LogP contribution in [0.3, 0.4) is 0 Å². The molecule has 29 heavy (non-hydrogen) atoms. The molecule has 0 radical (unpaired) electrons. The summed E-state index contributed by atoms with van der Waals surface area (Å²) in [5, 5.41) is 5.51. The van der Waals surface area contributed by atoms with Crippen LogP contribution in [0.1, 0.15) is 45.7 Å². The largest absolute Gasteiger partial charge is 0.440 e. The summed E-state index contributed by atoms with van der Waals surface area (Å²) in [4.78, 5) is 23.3. The zero-order valence-electron chi connectivity index (χ0n) is 18.0. The molecule has 2 rings (SSSR count). The van der Waals surface area contributed by atoms with Crippen molar-refractivity contribution in [2.75, 3.05) is 17.7 Å². The minimum absolute atomic E-state index is 0.0893. The molecule has 2 aromatic carbocycles. The van der Waals surface area contributed by atoms with Crippen molar-refractivity contribution in [1.82, 2.24) is 0 Å². The van der Waals surface area contributed by atoms with Gasteiger partial charge in [-0.05, 0) is 69.5 Å². The van der Waals surface area contributed by atoms with E-state index in [0.717, 1.165) is 23.2 Å². The second-order valence-corrected chi connectivity index (χ2v) is 7.99. The van der Waals surface area contributed by atoms with Crippen LogP contribution in [0, 0.1) is 0 Å². The molecule has 0 fully saturated rings. The third-order valence-electron chi connectivity index (χ3n) is 5.19. The number of nitrogens with one attached hydrogen (secondary N) is 2. The van der Waals surface area contributed by atoms with Crippen LogP contribution in [0.5, 0.6) is 0 Å². The molecular weight excluding hydrogens is 368 g/mol. The number of rotatable bonds is 7. The zero-order chi connectivity index (χ0) is 21.7. The lowest BCUT2D eigenvalue weighted by molar-refractivity contribution is -0.129. The van der Waals surface area contributed by atoms with Crippen LogP contribution in [0.4, 0.5) is 16.2 Å². The minimum atomic E-state index is -0.796. The van der Waals surface area contributed by atoms with Gasteiger partial charge in [-0.2, -0.15) is 0 Å². The van der Waals surface area contributed by atoms with E-state index in [9.17, 15) is 9.59 Å². The number of hydrogen-bond donors (Lipinski definition) is 2. The van der Waals surface area contributed by atoms with Crippen LogP contribution in [-0.4, -0.2) is 30.3 Å². The van der Waals surface area contributed by atoms with Gasteiger partial charge in [0.1, 0.15) is 11.2 Å². The van der Waals surface area contributed by atoms with Gasteiger partial charge in [-0.3, -0.25) is 10.1 Å². The smallest absolute Gasteiger partial charge is 0.412 e. The first kappa shape index (κ1) is 22.4. The highest BCUT2D eigenvalue weighted by Gasteiger charge is 2.40. The molecule has 0 bridgehead atoms. The van der Waals surface area contributed by atoms with Gasteiger partial charge >= 0.3 is 6.09 Å². The second kappa shape index (κ2) is 9.09. The summed E-state index contributed by atoms with van der Waals surface area (Å²) in [5.41, 5.74) is 2.25. The predicted molar refractivity (Wildman–Crippen MR) is 115 cm³/mol. The molecule has 6 heteroatoms. The summed E-state index contributed by atoms with van der Waals surface area (Å²) in [6.07, 6.45) is 0.224. The van der Waals surface area contributed by atoms with E-state index in [1.54, 1.807) is 7.11 Å². The number of carbonyl (C=O) groups is 2. The van der Waals surface area contributed by atoms with Crippen molar-refractivity contribution >= 4 is 23.4 Å². The summed E-state index contributed by atoms with van der Waals surface area (Å²) >= 11 is 0. The second-order valence-electron chi connectivity index (χ2n) is 7.99. The fourth-order valence-corrected chi connectivity index (χ4v) is 2.59. The van der Waals surface area contributed by atoms with Gasteiger partial charge in [-0.1, -0.05) is 24.3 Å². The van der Waals surface area contributed by atoms with E-state index in [0.29, 0.717) is 5.69 Å². The van der Waals surface area contributed by atoms with E-state index < -0.39 is 17.3 Å². The highest BCUT2D eigenvalue weighted by Crippen LogP contribution is 2.29. The van der Waals surface area contributed by atoms with Crippen LogP contribution in [-0.2, 0) is 20.7 Å². The maximum Gasteiger partial charge on any atom is 0.412 e. The average Bonchev–Trinajstić information content (AvgIpc) is 2.64. The van der Waals surface area contributed by atoms with Gasteiger partial charge in [0, 0.05) is 25.4 Å². The Balaban J connectivity index is 1.94. The Morgan fingerprint density at radius 1 is 0.793 bits per heavy atom. The van der Waals surface area contributed by atoms with Gasteiger partial charge in [0.05, 0.1) is 0 Å². The van der Waals surface area contributed by atoms with Crippen molar-refractivity contribution in [2.45, 2.75) is 52.2 Å². The van der Waals surface area contributed by atoms with Crippen LogP contribution >= 0.6 is 0 Å². The lowest BCUT2D eigenvalue weighted by Crippen LogP contribution is -2.50. The summed E-state index contributed by atoms with van der Waals surface area (Å²) in [7, 11) is 1.59. The van der Waals surface area contributed by atoms with E-state index in [1.807, 2.05) is 76.2 Å². The molecule has 0 saturated heterocycles. The monoisotopic (exact) mass is 398 g/mol. The number of carbonyl (C=O) groups excluding carboxylic acids is 2. The summed E-state index contributed by atoms with van der Waals surface area (Å²) in [6, 6.07) is 15.3. The molecular formula is C23H30N2O4. The molecule has 0 heterocycles. The normalized spacial score (nSPS) is 11.7. The van der Waals surface area contributed by atoms with Gasteiger partial charge < -0.3 is 14.8 Å². The average molecular weight is 399 g/mol. The molecule has 156 valence electrons. The number of hydrogen-bond acceptors (Lipinski definition) is 4. The topological polar surface area (TPSA) is 76.7 Å². The molecule has 0 unspecified atom stereocenters. The third kappa shape index (κ3) is 6.32. The molecule has 0 aliphatic carbocycles. The molecule has 0 atom stereocenters. The Bertz CT molecular complexity index is 840. The van der Waals surface area contributed by atoms with Crippen LogP contribution in [0.25, 0.3) is 0 Å². The van der Waals surface area contributed by atoms with Crippen LogP contribution in [0.2, 0.25) is 0 Å². The van der Waals surface area contributed by atoms with Crippen molar-refractivity contribution in [1.29, 1.82) is 0 Å². The zero-order valence-corrected chi connectivity index (χ0v) is 18.0.